The van der Waals surface area contributed by atoms with Gasteiger partial charge >= 0.3 is 5.97 Å². The molecule has 0 radical (unpaired) electrons. The van der Waals surface area contributed by atoms with Crippen molar-refractivity contribution >= 4 is 28.6 Å². The van der Waals surface area contributed by atoms with E-state index in [0.717, 1.165) is 10.9 Å². The first-order chi connectivity index (χ1) is 11.0. The van der Waals surface area contributed by atoms with Gasteiger partial charge in [-0.3, -0.25) is 9.59 Å². The van der Waals surface area contributed by atoms with Crippen molar-refractivity contribution in [1.82, 2.24) is 20.2 Å². The number of carboxylic acids is 1. The Morgan fingerprint density at radius 1 is 1.17 bits per heavy atom. The minimum atomic E-state index is -1.08. The fourth-order valence-corrected chi connectivity index (χ4v) is 2.01. The quantitative estimate of drug-likeness (QED) is 0.674. The molecule has 122 valence electrons. The smallest absolute Gasteiger partial charge is 0.322 e. The molecule has 1 aromatic heterocycles. The Kier molecular flexibility index (Phi) is 5.42. The first kappa shape index (κ1) is 16.6. The largest absolute Gasteiger partial charge is 0.480 e. The Morgan fingerprint density at radius 2 is 1.91 bits per heavy atom. The number of carbonyl (C=O) groups excluding carboxylic acids is 1. The zero-order chi connectivity index (χ0) is 16.8. The molecule has 0 fully saturated rings. The van der Waals surface area contributed by atoms with Crippen molar-refractivity contribution in [2.24, 2.45) is 0 Å². The lowest BCUT2D eigenvalue weighted by atomic mass is 10.2. The SMILES string of the molecule is CN(C)Cc1nc(NCC(=O)NCC(=O)O)c2ccccc2n1. The molecule has 3 N–H and O–H groups in total. The monoisotopic (exact) mass is 317 g/mol. The van der Waals surface area contributed by atoms with Crippen LogP contribution in [0.5, 0.6) is 0 Å². The molecule has 1 amide bonds. The Morgan fingerprint density at radius 3 is 2.61 bits per heavy atom. The van der Waals surface area contributed by atoms with Crippen molar-refractivity contribution in [1.29, 1.82) is 0 Å². The van der Waals surface area contributed by atoms with E-state index in [1.54, 1.807) is 0 Å². The molecule has 0 bridgehead atoms. The standard InChI is InChI=1S/C15H19N5O3/c1-20(2)9-12-18-11-6-4-3-5-10(11)15(19-12)17-7-13(21)16-8-14(22)23/h3-6H,7-9H2,1-2H3,(H,16,21)(H,22,23)(H,17,18,19). The van der Waals surface area contributed by atoms with Gasteiger partial charge in [0.05, 0.1) is 18.6 Å². The number of hydrogen-bond donors (Lipinski definition) is 3. The Hall–Kier alpha value is -2.74. The van der Waals surface area contributed by atoms with E-state index in [1.165, 1.54) is 0 Å². The van der Waals surface area contributed by atoms with Crippen LogP contribution in [0.4, 0.5) is 5.82 Å². The lowest BCUT2D eigenvalue weighted by Gasteiger charge is -2.13. The van der Waals surface area contributed by atoms with Gasteiger partial charge < -0.3 is 20.6 Å². The molecule has 23 heavy (non-hydrogen) atoms. The van der Waals surface area contributed by atoms with E-state index in [-0.39, 0.29) is 6.54 Å². The van der Waals surface area contributed by atoms with Crippen molar-refractivity contribution < 1.29 is 14.7 Å². The van der Waals surface area contributed by atoms with Gasteiger partial charge in [-0.15, -0.1) is 0 Å². The van der Waals surface area contributed by atoms with Gasteiger partial charge in [0, 0.05) is 5.39 Å². The molecule has 0 saturated heterocycles. The number of aliphatic carboxylic acids is 1. The molecule has 2 rings (SSSR count). The number of amides is 1. The van der Waals surface area contributed by atoms with Crippen molar-refractivity contribution in [2.45, 2.75) is 6.54 Å². The summed E-state index contributed by atoms with van der Waals surface area (Å²) in [6.07, 6.45) is 0. The zero-order valence-corrected chi connectivity index (χ0v) is 13.0. The van der Waals surface area contributed by atoms with E-state index in [0.29, 0.717) is 18.2 Å². The number of para-hydroxylation sites is 1. The van der Waals surface area contributed by atoms with Crippen LogP contribution in [0.3, 0.4) is 0 Å². The van der Waals surface area contributed by atoms with Crippen molar-refractivity contribution in [3.8, 4) is 0 Å². The number of carboxylic acid groups (broad SMARTS) is 1. The number of benzene rings is 1. The lowest BCUT2D eigenvalue weighted by molar-refractivity contribution is -0.137. The van der Waals surface area contributed by atoms with Gasteiger partial charge in [0.2, 0.25) is 5.91 Å². The second-order valence-electron chi connectivity index (χ2n) is 5.27. The van der Waals surface area contributed by atoms with Crippen LogP contribution in [-0.2, 0) is 16.1 Å². The van der Waals surface area contributed by atoms with Gasteiger partial charge in [0.15, 0.2) is 0 Å². The summed E-state index contributed by atoms with van der Waals surface area (Å²) in [7, 11) is 3.84. The van der Waals surface area contributed by atoms with Crippen molar-refractivity contribution in [3.63, 3.8) is 0 Å². The first-order valence-electron chi connectivity index (χ1n) is 7.08. The molecule has 2 aromatic rings. The van der Waals surface area contributed by atoms with Crippen molar-refractivity contribution in [3.05, 3.63) is 30.1 Å². The number of carbonyl (C=O) groups is 2. The highest BCUT2D eigenvalue weighted by Crippen LogP contribution is 2.20. The highest BCUT2D eigenvalue weighted by atomic mass is 16.4. The number of nitrogens with one attached hydrogen (secondary N) is 2. The normalized spacial score (nSPS) is 10.7. The highest BCUT2D eigenvalue weighted by Gasteiger charge is 2.10. The second-order valence-corrected chi connectivity index (χ2v) is 5.27. The third kappa shape index (κ3) is 4.89. The fourth-order valence-electron chi connectivity index (χ4n) is 2.01. The van der Waals surface area contributed by atoms with Gasteiger partial charge in [0.25, 0.3) is 0 Å². The summed E-state index contributed by atoms with van der Waals surface area (Å²) in [5, 5.41) is 14.6. The average molecular weight is 317 g/mol. The maximum Gasteiger partial charge on any atom is 0.322 e. The molecule has 8 heteroatoms. The van der Waals surface area contributed by atoms with Gasteiger partial charge in [-0.2, -0.15) is 0 Å². The van der Waals surface area contributed by atoms with Gasteiger partial charge in [0.1, 0.15) is 18.2 Å². The number of nitrogens with zero attached hydrogens (tertiary/aromatic N) is 3. The van der Waals surface area contributed by atoms with Gasteiger partial charge in [-0.1, -0.05) is 12.1 Å². The van der Waals surface area contributed by atoms with E-state index in [1.807, 2.05) is 43.3 Å². The summed E-state index contributed by atoms with van der Waals surface area (Å²) in [5.74, 6) is -0.302. The highest BCUT2D eigenvalue weighted by molar-refractivity contribution is 5.91. The summed E-state index contributed by atoms with van der Waals surface area (Å²) in [6.45, 7) is 0.108. The van der Waals surface area contributed by atoms with Crippen LogP contribution in [0, 0.1) is 0 Å². The molecule has 1 aromatic carbocycles. The summed E-state index contributed by atoms with van der Waals surface area (Å²) >= 11 is 0. The van der Waals surface area contributed by atoms with Crippen LogP contribution in [0.15, 0.2) is 24.3 Å². The third-order valence-corrected chi connectivity index (χ3v) is 2.96. The molecule has 0 aliphatic heterocycles. The molecule has 8 nitrogen and oxygen atoms in total. The minimum Gasteiger partial charge on any atom is -0.480 e. The van der Waals surface area contributed by atoms with Crippen molar-refractivity contribution in [2.75, 3.05) is 32.5 Å². The fraction of sp³-hybridized carbons (Fsp3) is 0.333. The molecule has 0 atom stereocenters. The molecule has 0 saturated carbocycles. The molecule has 1 heterocycles. The van der Waals surface area contributed by atoms with Gasteiger partial charge in [-0.25, -0.2) is 9.97 Å². The predicted molar refractivity (Wildman–Crippen MR) is 86.1 cm³/mol. The number of hydrogen-bond acceptors (Lipinski definition) is 6. The second kappa shape index (κ2) is 7.50. The topological polar surface area (TPSA) is 107 Å². The molecule has 0 spiro atoms. The van der Waals surface area contributed by atoms with Crippen LogP contribution in [-0.4, -0.2) is 59.0 Å². The predicted octanol–water partition coefficient (Wildman–Crippen LogP) is 0.304. The van der Waals surface area contributed by atoms with Crippen LogP contribution in [0.2, 0.25) is 0 Å². The van der Waals surface area contributed by atoms with E-state index in [9.17, 15) is 9.59 Å². The first-order valence-corrected chi connectivity index (χ1v) is 7.08. The maximum atomic E-state index is 11.6. The number of fused-ring (bicyclic) bond motifs is 1. The van der Waals surface area contributed by atoms with E-state index in [4.69, 9.17) is 5.11 Å². The molecular formula is C15H19N5O3. The summed E-state index contributed by atoms with van der Waals surface area (Å²) in [6, 6.07) is 7.50. The van der Waals surface area contributed by atoms with Crippen LogP contribution < -0.4 is 10.6 Å². The molecule has 0 unspecified atom stereocenters. The van der Waals surface area contributed by atoms with Crippen LogP contribution in [0.1, 0.15) is 5.82 Å². The third-order valence-electron chi connectivity index (χ3n) is 2.96. The summed E-state index contributed by atoms with van der Waals surface area (Å²) in [5.41, 5.74) is 0.785. The molecule has 0 aliphatic rings. The summed E-state index contributed by atoms with van der Waals surface area (Å²) in [4.78, 5) is 33.0. The number of aromatic nitrogens is 2. The number of anilines is 1. The zero-order valence-electron chi connectivity index (χ0n) is 13.0. The maximum absolute atomic E-state index is 11.6. The van der Waals surface area contributed by atoms with E-state index < -0.39 is 18.4 Å². The van der Waals surface area contributed by atoms with Crippen LogP contribution >= 0.6 is 0 Å². The Labute approximate surface area is 133 Å². The minimum absolute atomic E-state index is 0.0598. The molecule has 0 aliphatic carbocycles. The Bertz CT molecular complexity index is 717. The van der Waals surface area contributed by atoms with Crippen LogP contribution in [0.25, 0.3) is 10.9 Å². The van der Waals surface area contributed by atoms with E-state index in [2.05, 4.69) is 20.6 Å². The number of rotatable bonds is 7. The van der Waals surface area contributed by atoms with E-state index >= 15 is 0 Å². The lowest BCUT2D eigenvalue weighted by Crippen LogP contribution is -2.34. The molecular weight excluding hydrogens is 298 g/mol. The summed E-state index contributed by atoms with van der Waals surface area (Å²) < 4.78 is 0. The average Bonchev–Trinajstić information content (AvgIpc) is 2.49. The Balaban J connectivity index is 2.17. The van der Waals surface area contributed by atoms with Gasteiger partial charge in [-0.05, 0) is 26.2 Å².